The SMILES string of the molecule is CCNC(CCOCC(F)(F)F)c1c(C)cc(F)cc1C. The molecule has 1 aromatic carbocycles. The molecule has 0 aliphatic rings. The smallest absolute Gasteiger partial charge is 0.372 e. The molecule has 0 aliphatic carbocycles. The van der Waals surface area contributed by atoms with Crippen LogP contribution >= 0.6 is 0 Å². The zero-order valence-electron chi connectivity index (χ0n) is 12.5. The van der Waals surface area contributed by atoms with Crippen LogP contribution in [0.15, 0.2) is 12.1 Å². The molecule has 0 fully saturated rings. The van der Waals surface area contributed by atoms with Crippen molar-refractivity contribution in [2.45, 2.75) is 39.4 Å². The molecule has 21 heavy (non-hydrogen) atoms. The minimum Gasteiger partial charge on any atom is -0.372 e. The second-order valence-corrected chi connectivity index (χ2v) is 5.02. The quantitative estimate of drug-likeness (QED) is 0.606. The normalized spacial score (nSPS) is 13.5. The molecule has 0 bridgehead atoms. The van der Waals surface area contributed by atoms with Gasteiger partial charge < -0.3 is 10.1 Å². The Morgan fingerprint density at radius 2 is 1.76 bits per heavy atom. The highest BCUT2D eigenvalue weighted by atomic mass is 19.4. The zero-order valence-corrected chi connectivity index (χ0v) is 12.5. The van der Waals surface area contributed by atoms with Crippen molar-refractivity contribution in [2.24, 2.45) is 0 Å². The van der Waals surface area contributed by atoms with Crippen molar-refractivity contribution in [1.29, 1.82) is 0 Å². The molecule has 1 atom stereocenters. The van der Waals surface area contributed by atoms with E-state index in [0.717, 1.165) is 16.7 Å². The fraction of sp³-hybridized carbons (Fsp3) is 0.600. The summed E-state index contributed by atoms with van der Waals surface area (Å²) in [6.45, 7) is 4.93. The van der Waals surface area contributed by atoms with E-state index in [0.29, 0.717) is 13.0 Å². The van der Waals surface area contributed by atoms with Crippen molar-refractivity contribution >= 4 is 0 Å². The molecule has 0 saturated heterocycles. The molecule has 1 unspecified atom stereocenters. The van der Waals surface area contributed by atoms with Crippen LogP contribution in [0.4, 0.5) is 17.6 Å². The summed E-state index contributed by atoms with van der Waals surface area (Å²) in [6.07, 6.45) is -3.91. The van der Waals surface area contributed by atoms with Gasteiger partial charge in [-0.05, 0) is 55.6 Å². The number of benzene rings is 1. The van der Waals surface area contributed by atoms with Crippen LogP contribution in [0.3, 0.4) is 0 Å². The molecule has 0 spiro atoms. The summed E-state index contributed by atoms with van der Waals surface area (Å²) in [4.78, 5) is 0. The van der Waals surface area contributed by atoms with E-state index >= 15 is 0 Å². The molecule has 1 rings (SSSR count). The molecule has 0 aliphatic heterocycles. The van der Waals surface area contributed by atoms with Gasteiger partial charge in [0.25, 0.3) is 0 Å². The molecule has 120 valence electrons. The number of alkyl halides is 3. The minimum atomic E-state index is -4.31. The number of hydrogen-bond donors (Lipinski definition) is 1. The highest BCUT2D eigenvalue weighted by Crippen LogP contribution is 2.26. The van der Waals surface area contributed by atoms with Crippen LogP contribution < -0.4 is 5.32 Å². The third kappa shape index (κ3) is 6.01. The molecule has 2 nitrogen and oxygen atoms in total. The molecule has 0 amide bonds. The molecular formula is C15H21F4NO. The lowest BCUT2D eigenvalue weighted by atomic mass is 9.94. The Hall–Kier alpha value is -1.14. The van der Waals surface area contributed by atoms with Crippen molar-refractivity contribution < 1.29 is 22.3 Å². The van der Waals surface area contributed by atoms with Gasteiger partial charge in [-0.25, -0.2) is 4.39 Å². The fourth-order valence-electron chi connectivity index (χ4n) is 2.46. The Labute approximate surface area is 122 Å². The van der Waals surface area contributed by atoms with Crippen molar-refractivity contribution in [1.82, 2.24) is 5.32 Å². The topological polar surface area (TPSA) is 21.3 Å². The van der Waals surface area contributed by atoms with Gasteiger partial charge in [-0.3, -0.25) is 0 Å². The van der Waals surface area contributed by atoms with Crippen LogP contribution in [0.2, 0.25) is 0 Å². The first-order valence-corrected chi connectivity index (χ1v) is 6.89. The van der Waals surface area contributed by atoms with Crippen LogP contribution in [-0.2, 0) is 4.74 Å². The molecule has 6 heteroatoms. The Morgan fingerprint density at radius 3 is 2.24 bits per heavy atom. The average molecular weight is 307 g/mol. The standard InChI is InChI=1S/C15H21F4NO/c1-4-20-13(5-6-21-9-15(17,18)19)14-10(2)7-12(16)8-11(14)3/h7-8,13,20H,4-6,9H2,1-3H3. The molecule has 0 aromatic heterocycles. The Bertz CT molecular complexity index is 436. The number of hydrogen-bond acceptors (Lipinski definition) is 2. The second kappa shape index (κ2) is 7.75. The minimum absolute atomic E-state index is 0.00651. The number of halogens is 4. The monoisotopic (exact) mass is 307 g/mol. The lowest BCUT2D eigenvalue weighted by Gasteiger charge is -2.23. The lowest BCUT2D eigenvalue weighted by Crippen LogP contribution is -2.25. The maximum atomic E-state index is 13.3. The molecule has 0 heterocycles. The van der Waals surface area contributed by atoms with E-state index in [2.05, 4.69) is 10.1 Å². The van der Waals surface area contributed by atoms with Gasteiger partial charge in [0.2, 0.25) is 0 Å². The van der Waals surface area contributed by atoms with E-state index in [9.17, 15) is 17.6 Å². The van der Waals surface area contributed by atoms with Gasteiger partial charge >= 0.3 is 6.18 Å². The van der Waals surface area contributed by atoms with Crippen LogP contribution in [0, 0.1) is 19.7 Å². The first-order valence-electron chi connectivity index (χ1n) is 6.89. The summed E-state index contributed by atoms with van der Waals surface area (Å²) in [6, 6.07) is 2.72. The summed E-state index contributed by atoms with van der Waals surface area (Å²) in [7, 11) is 0. The van der Waals surface area contributed by atoms with E-state index in [1.54, 1.807) is 13.8 Å². The van der Waals surface area contributed by atoms with E-state index in [-0.39, 0.29) is 18.5 Å². The predicted octanol–water partition coefficient (Wildman–Crippen LogP) is 4.06. The average Bonchev–Trinajstić information content (AvgIpc) is 2.32. The van der Waals surface area contributed by atoms with Gasteiger partial charge in [0.15, 0.2) is 0 Å². The summed E-state index contributed by atoms with van der Waals surface area (Å²) in [5.74, 6) is -0.308. The second-order valence-electron chi connectivity index (χ2n) is 5.02. The number of nitrogens with one attached hydrogen (secondary N) is 1. The molecule has 1 aromatic rings. The van der Waals surface area contributed by atoms with Gasteiger partial charge in [-0.2, -0.15) is 13.2 Å². The summed E-state index contributed by atoms with van der Waals surface area (Å²) < 4.78 is 54.1. The van der Waals surface area contributed by atoms with Crippen molar-refractivity contribution in [3.05, 3.63) is 34.6 Å². The molecule has 0 radical (unpaired) electrons. The predicted molar refractivity (Wildman–Crippen MR) is 73.8 cm³/mol. The van der Waals surface area contributed by atoms with Crippen LogP contribution in [0.25, 0.3) is 0 Å². The number of rotatable bonds is 7. The highest BCUT2D eigenvalue weighted by Gasteiger charge is 2.27. The third-order valence-corrected chi connectivity index (χ3v) is 3.17. The Balaban J connectivity index is 2.74. The lowest BCUT2D eigenvalue weighted by molar-refractivity contribution is -0.174. The van der Waals surface area contributed by atoms with E-state index in [4.69, 9.17) is 0 Å². The zero-order chi connectivity index (χ0) is 16.0. The summed E-state index contributed by atoms with van der Waals surface area (Å²) >= 11 is 0. The first kappa shape index (κ1) is 17.9. The summed E-state index contributed by atoms with van der Waals surface area (Å²) in [5, 5.41) is 3.21. The molecule has 1 N–H and O–H groups in total. The summed E-state index contributed by atoms with van der Waals surface area (Å²) in [5.41, 5.74) is 2.50. The van der Waals surface area contributed by atoms with Gasteiger partial charge in [0, 0.05) is 12.6 Å². The van der Waals surface area contributed by atoms with Gasteiger partial charge in [0.1, 0.15) is 12.4 Å². The molecule has 0 saturated carbocycles. The van der Waals surface area contributed by atoms with E-state index < -0.39 is 12.8 Å². The van der Waals surface area contributed by atoms with Gasteiger partial charge in [0.05, 0.1) is 0 Å². The van der Waals surface area contributed by atoms with Crippen LogP contribution in [0.5, 0.6) is 0 Å². The molecular weight excluding hydrogens is 286 g/mol. The van der Waals surface area contributed by atoms with Crippen LogP contribution in [0.1, 0.15) is 36.1 Å². The Morgan fingerprint density at radius 1 is 1.19 bits per heavy atom. The Kier molecular flexibility index (Phi) is 6.61. The van der Waals surface area contributed by atoms with Gasteiger partial charge in [-0.1, -0.05) is 6.92 Å². The largest absolute Gasteiger partial charge is 0.411 e. The first-order chi connectivity index (χ1) is 9.74. The van der Waals surface area contributed by atoms with Crippen molar-refractivity contribution in [3.8, 4) is 0 Å². The maximum absolute atomic E-state index is 13.3. The highest BCUT2D eigenvalue weighted by molar-refractivity contribution is 5.36. The van der Waals surface area contributed by atoms with Crippen molar-refractivity contribution in [3.63, 3.8) is 0 Å². The van der Waals surface area contributed by atoms with E-state index in [1.165, 1.54) is 12.1 Å². The van der Waals surface area contributed by atoms with Crippen LogP contribution in [-0.4, -0.2) is 25.9 Å². The number of ether oxygens (including phenoxy) is 1. The van der Waals surface area contributed by atoms with Gasteiger partial charge in [-0.15, -0.1) is 0 Å². The fourth-order valence-corrected chi connectivity index (χ4v) is 2.46. The third-order valence-electron chi connectivity index (χ3n) is 3.17. The maximum Gasteiger partial charge on any atom is 0.411 e. The number of aryl methyl sites for hydroxylation is 2. The van der Waals surface area contributed by atoms with Crippen molar-refractivity contribution in [2.75, 3.05) is 19.8 Å². The van der Waals surface area contributed by atoms with E-state index in [1.807, 2.05) is 6.92 Å².